The van der Waals surface area contributed by atoms with Gasteiger partial charge in [-0.2, -0.15) is 0 Å². The Morgan fingerprint density at radius 1 is 1.00 bits per heavy atom. The Bertz CT molecular complexity index is 607. The summed E-state index contributed by atoms with van der Waals surface area (Å²) in [5.41, 5.74) is 1.50. The second kappa shape index (κ2) is 5.37. The van der Waals surface area contributed by atoms with Gasteiger partial charge in [-0.1, -0.05) is 32.9 Å². The second-order valence-corrected chi connectivity index (χ2v) is 5.71. The summed E-state index contributed by atoms with van der Waals surface area (Å²) in [6.45, 7) is 6.44. The molecule has 3 nitrogen and oxygen atoms in total. The molecule has 0 aliphatic carbocycles. The number of ether oxygens (including phenoxy) is 1. The lowest BCUT2D eigenvalue weighted by Gasteiger charge is -2.19. The highest BCUT2D eigenvalue weighted by molar-refractivity contribution is 5.87. The van der Waals surface area contributed by atoms with Crippen LogP contribution in [0.4, 0.5) is 0 Å². The van der Waals surface area contributed by atoms with Crippen molar-refractivity contribution >= 4 is 5.97 Å². The quantitative estimate of drug-likeness (QED) is 0.894. The van der Waals surface area contributed by atoms with Gasteiger partial charge in [-0.25, -0.2) is 4.79 Å². The molecule has 0 radical (unpaired) electrons. The van der Waals surface area contributed by atoms with Gasteiger partial charge in [0.25, 0.3) is 0 Å². The molecule has 0 saturated carbocycles. The van der Waals surface area contributed by atoms with Crippen molar-refractivity contribution in [2.24, 2.45) is 0 Å². The first-order chi connectivity index (χ1) is 9.36. The lowest BCUT2D eigenvalue weighted by molar-refractivity contribution is 0.0697. The van der Waals surface area contributed by atoms with Gasteiger partial charge < -0.3 is 9.84 Å². The summed E-state index contributed by atoms with van der Waals surface area (Å²) < 4.78 is 5.76. The Balaban J connectivity index is 2.20. The molecule has 2 rings (SSSR count). The monoisotopic (exact) mass is 270 g/mol. The minimum atomic E-state index is -0.939. The van der Waals surface area contributed by atoms with Crippen LogP contribution in [0.5, 0.6) is 11.5 Å². The molecule has 0 fully saturated rings. The molecular formula is C17H18O3. The fraction of sp³-hybridized carbons (Fsp3) is 0.235. The Morgan fingerprint density at radius 3 is 2.20 bits per heavy atom. The first kappa shape index (κ1) is 14.1. The number of benzene rings is 2. The van der Waals surface area contributed by atoms with Crippen LogP contribution in [-0.2, 0) is 5.41 Å². The van der Waals surface area contributed by atoms with Crippen molar-refractivity contribution in [2.45, 2.75) is 26.2 Å². The fourth-order valence-corrected chi connectivity index (χ4v) is 1.83. The SMILES string of the molecule is CC(C)(C)c1cccc(Oc2ccc(C(=O)O)cc2)c1. The minimum absolute atomic E-state index is 0.0620. The van der Waals surface area contributed by atoms with Crippen molar-refractivity contribution < 1.29 is 14.6 Å². The zero-order chi connectivity index (χ0) is 14.8. The number of carbonyl (C=O) groups is 1. The van der Waals surface area contributed by atoms with E-state index in [1.54, 1.807) is 12.1 Å². The largest absolute Gasteiger partial charge is 0.478 e. The van der Waals surface area contributed by atoms with E-state index in [0.29, 0.717) is 5.75 Å². The molecule has 3 heteroatoms. The van der Waals surface area contributed by atoms with Crippen molar-refractivity contribution in [2.75, 3.05) is 0 Å². The van der Waals surface area contributed by atoms with Crippen molar-refractivity contribution in [1.29, 1.82) is 0 Å². The van der Waals surface area contributed by atoms with Crippen LogP contribution in [0.1, 0.15) is 36.7 Å². The maximum atomic E-state index is 10.8. The lowest BCUT2D eigenvalue weighted by atomic mass is 9.87. The van der Waals surface area contributed by atoms with Gasteiger partial charge in [0, 0.05) is 0 Å². The molecule has 0 aliphatic rings. The van der Waals surface area contributed by atoms with Crippen LogP contribution in [-0.4, -0.2) is 11.1 Å². The third-order valence-corrected chi connectivity index (χ3v) is 3.04. The highest BCUT2D eigenvalue weighted by Gasteiger charge is 2.14. The fourth-order valence-electron chi connectivity index (χ4n) is 1.83. The van der Waals surface area contributed by atoms with E-state index < -0.39 is 5.97 Å². The van der Waals surface area contributed by atoms with E-state index in [4.69, 9.17) is 9.84 Å². The number of rotatable bonds is 3. The van der Waals surface area contributed by atoms with Crippen LogP contribution >= 0.6 is 0 Å². The molecule has 0 atom stereocenters. The first-order valence-corrected chi connectivity index (χ1v) is 6.48. The average Bonchev–Trinajstić information content (AvgIpc) is 2.38. The van der Waals surface area contributed by atoms with Crippen LogP contribution in [0.3, 0.4) is 0 Å². The van der Waals surface area contributed by atoms with Crippen molar-refractivity contribution in [3.8, 4) is 11.5 Å². The summed E-state index contributed by atoms with van der Waals surface area (Å²) in [4.78, 5) is 10.8. The summed E-state index contributed by atoms with van der Waals surface area (Å²) in [6.07, 6.45) is 0. The average molecular weight is 270 g/mol. The van der Waals surface area contributed by atoms with Gasteiger partial charge in [-0.05, 0) is 47.4 Å². The summed E-state index contributed by atoms with van der Waals surface area (Å²) in [5.74, 6) is 0.438. The molecule has 1 N–H and O–H groups in total. The van der Waals surface area contributed by atoms with Crippen LogP contribution in [0.2, 0.25) is 0 Å². The van der Waals surface area contributed by atoms with E-state index >= 15 is 0 Å². The molecule has 0 heterocycles. The van der Waals surface area contributed by atoms with Crippen molar-refractivity contribution in [1.82, 2.24) is 0 Å². The third-order valence-electron chi connectivity index (χ3n) is 3.04. The van der Waals surface area contributed by atoms with E-state index in [1.807, 2.05) is 18.2 Å². The summed E-state index contributed by atoms with van der Waals surface area (Å²) in [6, 6.07) is 14.3. The predicted molar refractivity (Wildman–Crippen MR) is 78.6 cm³/mol. The third kappa shape index (κ3) is 3.38. The minimum Gasteiger partial charge on any atom is -0.478 e. The molecular weight excluding hydrogens is 252 g/mol. The number of hydrogen-bond acceptors (Lipinski definition) is 2. The second-order valence-electron chi connectivity index (χ2n) is 5.71. The standard InChI is InChI=1S/C17H18O3/c1-17(2,3)13-5-4-6-15(11-13)20-14-9-7-12(8-10-14)16(18)19/h4-11H,1-3H3,(H,18,19). The lowest BCUT2D eigenvalue weighted by Crippen LogP contribution is -2.10. The maximum absolute atomic E-state index is 10.8. The van der Waals surface area contributed by atoms with Crippen molar-refractivity contribution in [3.05, 3.63) is 59.7 Å². The topological polar surface area (TPSA) is 46.5 Å². The van der Waals surface area contributed by atoms with Gasteiger partial charge >= 0.3 is 5.97 Å². The molecule has 0 saturated heterocycles. The van der Waals surface area contributed by atoms with Crippen LogP contribution in [0.25, 0.3) is 0 Å². The summed E-state index contributed by atoms with van der Waals surface area (Å²) in [5, 5.41) is 8.85. The van der Waals surface area contributed by atoms with Gasteiger partial charge in [0.05, 0.1) is 5.56 Å². The number of aromatic carboxylic acids is 1. The smallest absolute Gasteiger partial charge is 0.335 e. The summed E-state index contributed by atoms with van der Waals surface area (Å²) >= 11 is 0. The zero-order valence-electron chi connectivity index (χ0n) is 11.9. The van der Waals surface area contributed by atoms with Gasteiger partial charge in [0.1, 0.15) is 11.5 Å². The van der Waals surface area contributed by atoms with Crippen LogP contribution in [0, 0.1) is 0 Å². The van der Waals surface area contributed by atoms with E-state index in [-0.39, 0.29) is 11.0 Å². The van der Waals surface area contributed by atoms with E-state index in [1.165, 1.54) is 17.7 Å². The Morgan fingerprint density at radius 2 is 1.65 bits per heavy atom. The number of carboxylic acids is 1. The number of hydrogen-bond donors (Lipinski definition) is 1. The maximum Gasteiger partial charge on any atom is 0.335 e. The molecule has 0 aliphatic heterocycles. The van der Waals surface area contributed by atoms with Crippen molar-refractivity contribution in [3.63, 3.8) is 0 Å². The van der Waals surface area contributed by atoms with Gasteiger partial charge in [-0.15, -0.1) is 0 Å². The zero-order valence-corrected chi connectivity index (χ0v) is 11.9. The van der Waals surface area contributed by atoms with Gasteiger partial charge in [0.15, 0.2) is 0 Å². The molecule has 0 amide bonds. The molecule has 2 aromatic carbocycles. The van der Waals surface area contributed by atoms with Gasteiger partial charge in [0.2, 0.25) is 0 Å². The van der Waals surface area contributed by atoms with E-state index in [2.05, 4.69) is 26.8 Å². The molecule has 0 bridgehead atoms. The predicted octanol–water partition coefficient (Wildman–Crippen LogP) is 4.47. The molecule has 0 unspecified atom stereocenters. The summed E-state index contributed by atoms with van der Waals surface area (Å²) in [7, 11) is 0. The first-order valence-electron chi connectivity index (χ1n) is 6.48. The Labute approximate surface area is 118 Å². The highest BCUT2D eigenvalue weighted by Crippen LogP contribution is 2.28. The molecule has 2 aromatic rings. The molecule has 20 heavy (non-hydrogen) atoms. The van der Waals surface area contributed by atoms with E-state index in [9.17, 15) is 4.79 Å². The molecule has 104 valence electrons. The highest BCUT2D eigenvalue weighted by atomic mass is 16.5. The van der Waals surface area contributed by atoms with Crippen LogP contribution in [0.15, 0.2) is 48.5 Å². The molecule has 0 spiro atoms. The normalized spacial score (nSPS) is 11.2. The van der Waals surface area contributed by atoms with E-state index in [0.717, 1.165) is 5.75 Å². The van der Waals surface area contributed by atoms with Gasteiger partial charge in [-0.3, -0.25) is 0 Å². The number of carboxylic acid groups (broad SMARTS) is 1. The molecule has 0 aromatic heterocycles. The Hall–Kier alpha value is -2.29. The Kier molecular flexibility index (Phi) is 3.79. The van der Waals surface area contributed by atoms with Crippen LogP contribution < -0.4 is 4.74 Å².